The third-order valence-electron chi connectivity index (χ3n) is 4.69. The Kier molecular flexibility index (Phi) is 9.18. The van der Waals surface area contributed by atoms with Crippen molar-refractivity contribution in [3.8, 4) is 5.75 Å². The number of hydrogen-bond acceptors (Lipinski definition) is 3. The smallest absolute Gasteiger partial charge is 0.242 e. The van der Waals surface area contributed by atoms with Gasteiger partial charge in [0.1, 0.15) is 11.8 Å². The summed E-state index contributed by atoms with van der Waals surface area (Å²) in [6.45, 7) is 8.37. The van der Waals surface area contributed by atoms with Crippen LogP contribution in [-0.4, -0.2) is 35.4 Å². The average Bonchev–Trinajstić information content (AvgIpc) is 2.71. The quantitative estimate of drug-likeness (QED) is 0.553. The minimum atomic E-state index is -0.575. The second kappa shape index (κ2) is 11.6. The number of hydrogen-bond donors (Lipinski definition) is 1. The van der Waals surface area contributed by atoms with Crippen LogP contribution in [0.1, 0.15) is 44.7 Å². The first-order valence-corrected chi connectivity index (χ1v) is 10.7. The van der Waals surface area contributed by atoms with Gasteiger partial charge >= 0.3 is 0 Å². The largest absolute Gasteiger partial charge is 0.494 e. The summed E-state index contributed by atoms with van der Waals surface area (Å²) >= 11 is 5.97. The maximum absolute atomic E-state index is 13.0. The minimum Gasteiger partial charge on any atom is -0.494 e. The lowest BCUT2D eigenvalue weighted by Crippen LogP contribution is -2.49. The Morgan fingerprint density at radius 1 is 1.03 bits per heavy atom. The number of nitrogens with zero attached hydrogens (tertiary/aromatic N) is 1. The molecule has 0 aliphatic carbocycles. The Morgan fingerprint density at radius 3 is 2.27 bits per heavy atom. The van der Waals surface area contributed by atoms with E-state index in [1.54, 1.807) is 24.0 Å². The molecule has 0 aliphatic rings. The first-order valence-electron chi connectivity index (χ1n) is 10.3. The van der Waals surface area contributed by atoms with Crippen molar-refractivity contribution in [3.63, 3.8) is 0 Å². The molecule has 162 valence electrons. The first-order chi connectivity index (χ1) is 14.3. The molecule has 0 radical (unpaired) electrons. The van der Waals surface area contributed by atoms with Crippen molar-refractivity contribution in [3.05, 3.63) is 64.7 Å². The molecule has 0 saturated carbocycles. The van der Waals surface area contributed by atoms with Gasteiger partial charge < -0.3 is 15.0 Å². The number of benzene rings is 2. The summed E-state index contributed by atoms with van der Waals surface area (Å²) in [5, 5.41) is 3.52. The number of halogens is 1. The van der Waals surface area contributed by atoms with Crippen molar-refractivity contribution in [2.75, 3.05) is 6.61 Å². The van der Waals surface area contributed by atoms with E-state index in [0.717, 1.165) is 11.3 Å². The lowest BCUT2D eigenvalue weighted by atomic mass is 10.1. The van der Waals surface area contributed by atoms with Crippen LogP contribution in [0.4, 0.5) is 0 Å². The third kappa shape index (κ3) is 7.71. The average molecular weight is 431 g/mol. The molecule has 0 fully saturated rings. The number of nitrogens with one attached hydrogen (secondary N) is 1. The highest BCUT2D eigenvalue weighted by molar-refractivity contribution is 6.30. The van der Waals surface area contributed by atoms with E-state index in [2.05, 4.69) is 5.32 Å². The molecule has 0 bridgehead atoms. The summed E-state index contributed by atoms with van der Waals surface area (Å²) in [6, 6.07) is 14.6. The minimum absolute atomic E-state index is 0.00958. The second-order valence-electron chi connectivity index (χ2n) is 7.75. The zero-order valence-electron chi connectivity index (χ0n) is 18.2. The van der Waals surface area contributed by atoms with Gasteiger partial charge in [0.25, 0.3) is 0 Å². The molecular formula is C24H31ClN2O3. The third-order valence-corrected chi connectivity index (χ3v) is 4.94. The number of amides is 2. The number of carbonyl (C=O) groups excluding carboxylic acids is 2. The fourth-order valence-corrected chi connectivity index (χ4v) is 3.09. The Balaban J connectivity index is 1.98. The molecule has 30 heavy (non-hydrogen) atoms. The SMILES string of the molecule is Cc1ccc(OCCCC(=O)N(Cc2ccc(Cl)cc2)[C@H](C)C(=O)NC(C)C)cc1. The molecule has 2 aromatic rings. The number of carbonyl (C=O) groups is 2. The Labute approximate surface area is 184 Å². The predicted octanol–water partition coefficient (Wildman–Crippen LogP) is 4.75. The standard InChI is InChI=1S/C24H31ClN2O3/c1-17(2)26-24(29)19(4)27(16-20-9-11-21(25)12-10-20)23(28)6-5-15-30-22-13-7-18(3)8-14-22/h7-14,17,19H,5-6,15-16H2,1-4H3,(H,26,29)/t19-/m1/s1. The number of aryl methyl sites for hydroxylation is 1. The van der Waals surface area contributed by atoms with Crippen LogP contribution < -0.4 is 10.1 Å². The van der Waals surface area contributed by atoms with Crippen molar-refractivity contribution in [1.82, 2.24) is 10.2 Å². The molecule has 2 amide bonds. The Morgan fingerprint density at radius 2 is 1.67 bits per heavy atom. The van der Waals surface area contributed by atoms with Gasteiger partial charge in [-0.3, -0.25) is 9.59 Å². The fraction of sp³-hybridized carbons (Fsp3) is 0.417. The van der Waals surface area contributed by atoms with Crippen LogP contribution >= 0.6 is 11.6 Å². The molecule has 0 saturated heterocycles. The summed E-state index contributed by atoms with van der Waals surface area (Å²) in [5.41, 5.74) is 2.09. The molecule has 5 nitrogen and oxygen atoms in total. The molecular weight excluding hydrogens is 400 g/mol. The molecule has 6 heteroatoms. The van der Waals surface area contributed by atoms with Crippen LogP contribution in [0.25, 0.3) is 0 Å². The summed E-state index contributed by atoms with van der Waals surface area (Å²) in [7, 11) is 0. The van der Waals surface area contributed by atoms with Crippen molar-refractivity contribution in [2.45, 2.75) is 59.2 Å². The highest BCUT2D eigenvalue weighted by Gasteiger charge is 2.26. The first kappa shape index (κ1) is 23.7. The van der Waals surface area contributed by atoms with Gasteiger partial charge in [0.15, 0.2) is 0 Å². The molecule has 1 N–H and O–H groups in total. The molecule has 0 aliphatic heterocycles. The van der Waals surface area contributed by atoms with E-state index in [1.165, 1.54) is 5.56 Å². The summed E-state index contributed by atoms with van der Waals surface area (Å²) in [6.07, 6.45) is 0.876. The molecule has 0 aromatic heterocycles. The van der Waals surface area contributed by atoms with E-state index in [0.29, 0.717) is 31.0 Å². The summed E-state index contributed by atoms with van der Waals surface area (Å²) < 4.78 is 5.72. The lowest BCUT2D eigenvalue weighted by molar-refractivity contribution is -0.141. The zero-order chi connectivity index (χ0) is 22.1. The maximum Gasteiger partial charge on any atom is 0.242 e. The molecule has 1 atom stereocenters. The number of rotatable bonds is 10. The van der Waals surface area contributed by atoms with Gasteiger partial charge in [-0.25, -0.2) is 0 Å². The van der Waals surface area contributed by atoms with Crippen LogP contribution in [0.5, 0.6) is 5.75 Å². The molecule has 2 rings (SSSR count). The highest BCUT2D eigenvalue weighted by atomic mass is 35.5. The van der Waals surface area contributed by atoms with Crippen molar-refractivity contribution < 1.29 is 14.3 Å². The summed E-state index contributed by atoms with van der Waals surface area (Å²) in [5.74, 6) is 0.544. The predicted molar refractivity (Wildman–Crippen MR) is 121 cm³/mol. The van der Waals surface area contributed by atoms with E-state index in [9.17, 15) is 9.59 Å². The highest BCUT2D eigenvalue weighted by Crippen LogP contribution is 2.16. The fourth-order valence-electron chi connectivity index (χ4n) is 2.97. The van der Waals surface area contributed by atoms with E-state index >= 15 is 0 Å². The Hall–Kier alpha value is -2.53. The van der Waals surface area contributed by atoms with Gasteiger partial charge in [0.2, 0.25) is 11.8 Å². The topological polar surface area (TPSA) is 58.6 Å². The molecule has 0 unspecified atom stereocenters. The van der Waals surface area contributed by atoms with E-state index in [4.69, 9.17) is 16.3 Å². The van der Waals surface area contributed by atoms with Gasteiger partial charge in [-0.05, 0) is 63.9 Å². The maximum atomic E-state index is 13.0. The van der Waals surface area contributed by atoms with E-state index in [-0.39, 0.29) is 17.9 Å². The van der Waals surface area contributed by atoms with E-state index in [1.807, 2.05) is 57.2 Å². The van der Waals surface area contributed by atoms with Gasteiger partial charge in [-0.15, -0.1) is 0 Å². The molecule has 2 aromatic carbocycles. The van der Waals surface area contributed by atoms with Gasteiger partial charge in [-0.1, -0.05) is 41.4 Å². The molecule has 0 spiro atoms. The lowest BCUT2D eigenvalue weighted by Gasteiger charge is -2.29. The van der Waals surface area contributed by atoms with Crippen molar-refractivity contribution >= 4 is 23.4 Å². The van der Waals surface area contributed by atoms with Crippen LogP contribution in [0.2, 0.25) is 5.02 Å². The normalized spacial score (nSPS) is 11.8. The van der Waals surface area contributed by atoms with Crippen LogP contribution in [0.15, 0.2) is 48.5 Å². The van der Waals surface area contributed by atoms with Crippen LogP contribution in [0.3, 0.4) is 0 Å². The second-order valence-corrected chi connectivity index (χ2v) is 8.19. The van der Waals surface area contributed by atoms with Crippen LogP contribution in [0, 0.1) is 6.92 Å². The van der Waals surface area contributed by atoms with E-state index < -0.39 is 6.04 Å². The monoisotopic (exact) mass is 430 g/mol. The summed E-state index contributed by atoms with van der Waals surface area (Å²) in [4.78, 5) is 27.1. The van der Waals surface area contributed by atoms with Gasteiger partial charge in [0, 0.05) is 24.0 Å². The zero-order valence-corrected chi connectivity index (χ0v) is 18.9. The van der Waals surface area contributed by atoms with Gasteiger partial charge in [0.05, 0.1) is 6.61 Å². The van der Waals surface area contributed by atoms with Crippen molar-refractivity contribution in [2.24, 2.45) is 0 Å². The van der Waals surface area contributed by atoms with Gasteiger partial charge in [-0.2, -0.15) is 0 Å². The molecule has 0 heterocycles. The van der Waals surface area contributed by atoms with Crippen molar-refractivity contribution in [1.29, 1.82) is 0 Å². The van der Waals surface area contributed by atoms with Crippen LogP contribution in [-0.2, 0) is 16.1 Å². The number of ether oxygens (including phenoxy) is 1. The Bertz CT molecular complexity index is 819.